The molecular formula is C26H23ClF4N4O3S. The van der Waals surface area contributed by atoms with E-state index in [4.69, 9.17) is 16.3 Å². The van der Waals surface area contributed by atoms with E-state index < -0.39 is 23.5 Å². The lowest BCUT2D eigenvalue weighted by atomic mass is 9.80. The Hall–Kier alpha value is -3.25. The molecule has 1 amide bonds. The van der Waals surface area contributed by atoms with Gasteiger partial charge in [0.2, 0.25) is 0 Å². The number of nitrogens with one attached hydrogen (secondary N) is 1. The molecule has 5 rings (SSSR count). The van der Waals surface area contributed by atoms with Crippen molar-refractivity contribution in [3.05, 3.63) is 57.8 Å². The van der Waals surface area contributed by atoms with E-state index in [1.165, 1.54) is 30.8 Å². The third-order valence-corrected chi connectivity index (χ3v) is 8.29. The standard InChI is InChI=1S/C26H23ClF4N4O3S/c1-38-24(37)16-11-35(20-8-3-2-5-14(16)20)22-18(27)9-13(10-32-22)23(36)34-25-33-19(12-39-25)15-6-4-7-17(21(15)28)26(29,30)31/h4,6-7,9-10,12,14,16,20H,2-3,5,8,11H2,1H3,(H,33,34,36). The molecule has 1 saturated heterocycles. The van der Waals surface area contributed by atoms with Crippen LogP contribution in [0.1, 0.15) is 41.6 Å². The smallest absolute Gasteiger partial charge is 0.419 e. The Labute approximate surface area is 230 Å². The maximum Gasteiger partial charge on any atom is 0.419 e. The third kappa shape index (κ3) is 5.31. The van der Waals surface area contributed by atoms with Crippen LogP contribution in [-0.2, 0) is 15.7 Å². The maximum atomic E-state index is 14.5. The van der Waals surface area contributed by atoms with Crippen LogP contribution in [0.4, 0.5) is 28.5 Å². The molecule has 0 radical (unpaired) electrons. The molecule has 0 spiro atoms. The number of carbonyl (C=O) groups is 2. The van der Waals surface area contributed by atoms with E-state index in [1.807, 2.05) is 4.90 Å². The van der Waals surface area contributed by atoms with E-state index in [0.717, 1.165) is 43.1 Å². The number of ether oxygens (including phenoxy) is 1. The summed E-state index contributed by atoms with van der Waals surface area (Å²) < 4.78 is 58.7. The summed E-state index contributed by atoms with van der Waals surface area (Å²) in [5.74, 6) is -1.93. The molecule has 3 unspecified atom stereocenters. The summed E-state index contributed by atoms with van der Waals surface area (Å²) in [4.78, 5) is 35.8. The van der Waals surface area contributed by atoms with Crippen molar-refractivity contribution >= 4 is 45.8 Å². The zero-order chi connectivity index (χ0) is 27.9. The number of aromatic nitrogens is 2. The Balaban J connectivity index is 1.33. The molecule has 3 aromatic rings. The van der Waals surface area contributed by atoms with Crippen molar-refractivity contribution in [3.63, 3.8) is 0 Å². The fraction of sp³-hybridized carbons (Fsp3) is 0.385. The third-order valence-electron chi connectivity index (χ3n) is 7.26. The molecule has 206 valence electrons. The number of thiazole rings is 1. The van der Waals surface area contributed by atoms with Gasteiger partial charge in [-0.25, -0.2) is 14.4 Å². The van der Waals surface area contributed by atoms with Gasteiger partial charge in [0.25, 0.3) is 5.91 Å². The second-order valence-electron chi connectivity index (χ2n) is 9.48. The van der Waals surface area contributed by atoms with Gasteiger partial charge in [-0.1, -0.05) is 30.5 Å². The fourth-order valence-electron chi connectivity index (χ4n) is 5.46. The molecule has 2 fully saturated rings. The van der Waals surface area contributed by atoms with Crippen LogP contribution in [0, 0.1) is 17.7 Å². The number of rotatable bonds is 5. The van der Waals surface area contributed by atoms with Crippen molar-refractivity contribution in [3.8, 4) is 11.3 Å². The van der Waals surface area contributed by atoms with Crippen molar-refractivity contribution in [2.24, 2.45) is 11.8 Å². The van der Waals surface area contributed by atoms with E-state index >= 15 is 0 Å². The first-order valence-electron chi connectivity index (χ1n) is 12.2. The molecule has 2 aliphatic rings. The zero-order valence-electron chi connectivity index (χ0n) is 20.6. The molecule has 3 atom stereocenters. The average Bonchev–Trinajstić information content (AvgIpc) is 3.52. The molecule has 1 saturated carbocycles. The van der Waals surface area contributed by atoms with Gasteiger partial charge in [0, 0.05) is 29.7 Å². The number of nitrogens with zero attached hydrogens (tertiary/aromatic N) is 3. The minimum Gasteiger partial charge on any atom is -0.469 e. The Morgan fingerprint density at radius 1 is 1.23 bits per heavy atom. The highest BCUT2D eigenvalue weighted by Gasteiger charge is 2.47. The fourth-order valence-corrected chi connectivity index (χ4v) is 6.44. The lowest BCUT2D eigenvalue weighted by Crippen LogP contribution is -2.35. The van der Waals surface area contributed by atoms with Crippen LogP contribution in [0.5, 0.6) is 0 Å². The van der Waals surface area contributed by atoms with Crippen molar-refractivity contribution in [2.45, 2.75) is 37.9 Å². The van der Waals surface area contributed by atoms with Gasteiger partial charge in [-0.2, -0.15) is 13.2 Å². The molecule has 1 aromatic carbocycles. The van der Waals surface area contributed by atoms with Gasteiger partial charge >= 0.3 is 12.1 Å². The highest BCUT2D eigenvalue weighted by Crippen LogP contribution is 2.44. The number of halogens is 5. The van der Waals surface area contributed by atoms with Crippen LogP contribution in [0.2, 0.25) is 5.02 Å². The molecule has 2 aromatic heterocycles. The Morgan fingerprint density at radius 3 is 2.72 bits per heavy atom. The van der Waals surface area contributed by atoms with Gasteiger partial charge in [0.15, 0.2) is 5.13 Å². The Morgan fingerprint density at radius 2 is 2.00 bits per heavy atom. The number of esters is 1. The van der Waals surface area contributed by atoms with Gasteiger partial charge in [-0.3, -0.25) is 14.9 Å². The van der Waals surface area contributed by atoms with E-state index in [9.17, 15) is 27.2 Å². The summed E-state index contributed by atoms with van der Waals surface area (Å²) in [5.41, 5.74) is -1.63. The lowest BCUT2D eigenvalue weighted by Gasteiger charge is -2.33. The average molecular weight is 583 g/mol. The summed E-state index contributed by atoms with van der Waals surface area (Å²) in [6.45, 7) is 0.425. The number of methoxy groups -OCH3 is 1. The Bertz CT molecular complexity index is 1420. The number of hydrogen-bond acceptors (Lipinski definition) is 7. The quantitative estimate of drug-likeness (QED) is 0.275. The van der Waals surface area contributed by atoms with Crippen LogP contribution < -0.4 is 10.2 Å². The zero-order valence-corrected chi connectivity index (χ0v) is 22.2. The molecule has 13 heteroatoms. The summed E-state index contributed by atoms with van der Waals surface area (Å²) in [6.07, 6.45) is 0.404. The number of benzene rings is 1. The molecule has 1 N–H and O–H groups in total. The molecule has 0 bridgehead atoms. The largest absolute Gasteiger partial charge is 0.469 e. The molecule has 7 nitrogen and oxygen atoms in total. The second kappa shape index (κ2) is 10.7. The SMILES string of the molecule is COC(=O)C1CN(c2ncc(C(=O)Nc3nc(-c4cccc(C(F)(F)F)c4F)cs3)cc2Cl)C2CCCCC12. The van der Waals surface area contributed by atoms with Gasteiger partial charge in [-0.05, 0) is 37.0 Å². The van der Waals surface area contributed by atoms with Crippen molar-refractivity contribution in [1.82, 2.24) is 9.97 Å². The molecule has 39 heavy (non-hydrogen) atoms. The van der Waals surface area contributed by atoms with Crippen molar-refractivity contribution in [2.75, 3.05) is 23.9 Å². The number of fused-ring (bicyclic) bond motifs is 1. The summed E-state index contributed by atoms with van der Waals surface area (Å²) in [6, 6.07) is 4.49. The van der Waals surface area contributed by atoms with Gasteiger partial charge in [-0.15, -0.1) is 11.3 Å². The van der Waals surface area contributed by atoms with E-state index in [0.29, 0.717) is 18.4 Å². The number of hydrogen-bond donors (Lipinski definition) is 1. The highest BCUT2D eigenvalue weighted by molar-refractivity contribution is 7.14. The Kier molecular flexibility index (Phi) is 7.51. The van der Waals surface area contributed by atoms with Crippen molar-refractivity contribution < 1.29 is 31.9 Å². The summed E-state index contributed by atoms with van der Waals surface area (Å²) >= 11 is 7.49. The van der Waals surface area contributed by atoms with E-state index in [1.54, 1.807) is 0 Å². The number of amides is 1. The normalized spacial score (nSPS) is 21.0. The topological polar surface area (TPSA) is 84.4 Å². The van der Waals surface area contributed by atoms with Gasteiger partial charge < -0.3 is 9.64 Å². The molecule has 3 heterocycles. The van der Waals surface area contributed by atoms with Crippen molar-refractivity contribution in [1.29, 1.82) is 0 Å². The summed E-state index contributed by atoms with van der Waals surface area (Å²) in [7, 11) is 1.38. The number of anilines is 2. The van der Waals surface area contributed by atoms with E-state index in [2.05, 4.69) is 15.3 Å². The second-order valence-corrected chi connectivity index (χ2v) is 10.7. The minimum atomic E-state index is -4.85. The van der Waals surface area contributed by atoms with Crippen LogP contribution in [0.3, 0.4) is 0 Å². The van der Waals surface area contributed by atoms with Crippen LogP contribution >= 0.6 is 22.9 Å². The molecule has 1 aliphatic carbocycles. The summed E-state index contributed by atoms with van der Waals surface area (Å²) in [5, 5.41) is 4.22. The minimum absolute atomic E-state index is 0.0402. The molecule has 1 aliphatic heterocycles. The first kappa shape index (κ1) is 27.3. The number of pyridine rings is 1. The predicted molar refractivity (Wildman–Crippen MR) is 138 cm³/mol. The highest BCUT2D eigenvalue weighted by atomic mass is 35.5. The maximum absolute atomic E-state index is 14.5. The van der Waals surface area contributed by atoms with E-state index in [-0.39, 0.29) is 50.8 Å². The van der Waals surface area contributed by atoms with Gasteiger partial charge in [0.05, 0.1) is 34.9 Å². The monoisotopic (exact) mass is 582 g/mol. The van der Waals surface area contributed by atoms with Gasteiger partial charge in [0.1, 0.15) is 11.6 Å². The van der Waals surface area contributed by atoms with Crippen LogP contribution in [0.25, 0.3) is 11.3 Å². The van der Waals surface area contributed by atoms with Crippen LogP contribution in [-0.4, -0.2) is 41.5 Å². The van der Waals surface area contributed by atoms with Crippen LogP contribution in [0.15, 0.2) is 35.8 Å². The first-order valence-corrected chi connectivity index (χ1v) is 13.5. The molecular weight excluding hydrogens is 560 g/mol. The number of carbonyl (C=O) groups excluding carboxylic acids is 2. The predicted octanol–water partition coefficient (Wildman–Crippen LogP) is 6.44. The lowest BCUT2D eigenvalue weighted by molar-refractivity contribution is -0.146. The first-order chi connectivity index (χ1) is 18.6. The number of alkyl halides is 3.